The Morgan fingerprint density at radius 3 is 1.70 bits per heavy atom. The Morgan fingerprint density at radius 2 is 1.16 bits per heavy atom. The fourth-order valence-electron chi connectivity index (χ4n) is 5.89. The summed E-state index contributed by atoms with van der Waals surface area (Å²) in [5.74, 6) is -0.368. The Labute approximate surface area is 304 Å². The summed E-state index contributed by atoms with van der Waals surface area (Å²) in [5, 5.41) is 39.5. The van der Waals surface area contributed by atoms with Crippen LogP contribution in [0.15, 0.2) is 36.5 Å². The SMILES string of the molecule is CCCCCCC/C=C\C/C=C\C/C=C\CCCCCCCCCCCCCOCC(COC1OC(CO)C(O)C(O)C1O)OC(=O)CCC. The van der Waals surface area contributed by atoms with Crippen molar-refractivity contribution >= 4 is 5.97 Å². The van der Waals surface area contributed by atoms with E-state index in [1.54, 1.807) is 0 Å². The molecule has 4 N–H and O–H groups in total. The van der Waals surface area contributed by atoms with Gasteiger partial charge in [-0.15, -0.1) is 0 Å². The molecule has 0 spiro atoms. The third kappa shape index (κ3) is 24.6. The molecule has 0 aromatic rings. The van der Waals surface area contributed by atoms with Crippen molar-refractivity contribution in [3.63, 3.8) is 0 Å². The van der Waals surface area contributed by atoms with Gasteiger partial charge in [-0.3, -0.25) is 4.79 Å². The number of carbonyl (C=O) groups is 1. The van der Waals surface area contributed by atoms with Crippen molar-refractivity contribution in [2.75, 3.05) is 26.4 Å². The lowest BCUT2D eigenvalue weighted by molar-refractivity contribution is -0.305. The molecule has 1 saturated heterocycles. The maximum Gasteiger partial charge on any atom is 0.306 e. The molecule has 292 valence electrons. The van der Waals surface area contributed by atoms with Crippen LogP contribution >= 0.6 is 0 Å². The summed E-state index contributed by atoms with van der Waals surface area (Å²) in [7, 11) is 0. The minimum atomic E-state index is -1.53. The molecule has 6 atom stereocenters. The second-order valence-electron chi connectivity index (χ2n) is 13.7. The Hall–Kier alpha value is -1.59. The van der Waals surface area contributed by atoms with Crippen molar-refractivity contribution in [1.82, 2.24) is 0 Å². The summed E-state index contributed by atoms with van der Waals surface area (Å²) in [6.07, 6.45) is 32.0. The van der Waals surface area contributed by atoms with E-state index in [0.29, 0.717) is 13.0 Å². The molecule has 1 aliphatic heterocycles. The van der Waals surface area contributed by atoms with Gasteiger partial charge in [0.15, 0.2) is 6.29 Å². The standard InChI is InChI=1S/C41H74O9/c1-3-5-6-7-8-9-10-11-12-13-14-15-16-17-18-19-20-21-22-23-24-25-26-27-28-29-31-47-33-35(49-37(43)30-4-2)34-48-41-40(46)39(45)38(44)36(32-42)50-41/h10-11,13-14,16-17,35-36,38-42,44-46H,3-9,12,15,18-34H2,1-2H3/b11-10-,14-13-,17-16-. The van der Waals surface area contributed by atoms with Crippen molar-refractivity contribution in [2.24, 2.45) is 0 Å². The van der Waals surface area contributed by atoms with E-state index in [-0.39, 0.29) is 25.6 Å². The lowest BCUT2D eigenvalue weighted by Crippen LogP contribution is -2.59. The number of hydrogen-bond donors (Lipinski definition) is 4. The van der Waals surface area contributed by atoms with E-state index < -0.39 is 43.4 Å². The Kier molecular flexibility index (Phi) is 30.9. The highest BCUT2D eigenvalue weighted by Crippen LogP contribution is 2.22. The Bertz CT molecular complexity index is 859. The molecule has 1 fully saturated rings. The molecular formula is C41H74O9. The van der Waals surface area contributed by atoms with Crippen LogP contribution < -0.4 is 0 Å². The van der Waals surface area contributed by atoms with E-state index in [9.17, 15) is 25.2 Å². The van der Waals surface area contributed by atoms with Crippen LogP contribution in [0.2, 0.25) is 0 Å². The van der Waals surface area contributed by atoms with Crippen LogP contribution in [0.5, 0.6) is 0 Å². The number of rotatable bonds is 33. The minimum Gasteiger partial charge on any atom is -0.457 e. The van der Waals surface area contributed by atoms with Crippen molar-refractivity contribution < 1.29 is 44.2 Å². The largest absolute Gasteiger partial charge is 0.457 e. The molecule has 0 bridgehead atoms. The third-order valence-electron chi connectivity index (χ3n) is 9.03. The highest BCUT2D eigenvalue weighted by atomic mass is 16.7. The van der Waals surface area contributed by atoms with E-state index in [4.69, 9.17) is 18.9 Å². The number of hydrogen-bond acceptors (Lipinski definition) is 9. The first-order chi connectivity index (χ1) is 24.4. The van der Waals surface area contributed by atoms with Crippen LogP contribution in [-0.2, 0) is 23.7 Å². The fourth-order valence-corrected chi connectivity index (χ4v) is 5.89. The van der Waals surface area contributed by atoms with E-state index in [1.165, 1.54) is 103 Å². The molecule has 0 saturated carbocycles. The van der Waals surface area contributed by atoms with E-state index in [0.717, 1.165) is 25.7 Å². The lowest BCUT2D eigenvalue weighted by atomic mass is 9.99. The normalized spacial score (nSPS) is 21.9. The minimum absolute atomic E-state index is 0.120. The molecule has 0 aromatic heterocycles. The number of aliphatic hydroxyl groups is 4. The first-order valence-electron chi connectivity index (χ1n) is 20.1. The summed E-state index contributed by atoms with van der Waals surface area (Å²) in [5.41, 5.74) is 0. The zero-order valence-electron chi connectivity index (χ0n) is 31.6. The molecule has 6 unspecified atom stereocenters. The molecule has 9 nitrogen and oxygen atoms in total. The van der Waals surface area contributed by atoms with Crippen LogP contribution in [0, 0.1) is 0 Å². The average molecular weight is 711 g/mol. The molecule has 1 rings (SSSR count). The van der Waals surface area contributed by atoms with E-state index >= 15 is 0 Å². The highest BCUT2D eigenvalue weighted by molar-refractivity contribution is 5.69. The summed E-state index contributed by atoms with van der Waals surface area (Å²) >= 11 is 0. The number of aliphatic hydroxyl groups excluding tert-OH is 4. The number of unbranched alkanes of at least 4 members (excludes halogenated alkanes) is 16. The second kappa shape index (κ2) is 33.3. The van der Waals surface area contributed by atoms with Crippen molar-refractivity contribution in [3.05, 3.63) is 36.5 Å². The van der Waals surface area contributed by atoms with Gasteiger partial charge in [-0.25, -0.2) is 0 Å². The smallest absolute Gasteiger partial charge is 0.306 e. The summed E-state index contributed by atoms with van der Waals surface area (Å²) < 4.78 is 22.2. The van der Waals surface area contributed by atoms with Gasteiger partial charge in [-0.1, -0.05) is 134 Å². The third-order valence-corrected chi connectivity index (χ3v) is 9.03. The molecule has 9 heteroatoms. The van der Waals surface area contributed by atoms with Crippen LogP contribution in [0.25, 0.3) is 0 Å². The first kappa shape index (κ1) is 46.4. The molecule has 0 amide bonds. The molecule has 50 heavy (non-hydrogen) atoms. The van der Waals surface area contributed by atoms with Crippen molar-refractivity contribution in [2.45, 2.75) is 192 Å². The van der Waals surface area contributed by atoms with Crippen LogP contribution in [-0.4, -0.2) is 89.6 Å². The summed E-state index contributed by atoms with van der Waals surface area (Å²) in [4.78, 5) is 12.1. The van der Waals surface area contributed by atoms with Gasteiger partial charge in [0.1, 0.15) is 30.5 Å². The van der Waals surface area contributed by atoms with Crippen molar-refractivity contribution in [1.29, 1.82) is 0 Å². The summed E-state index contributed by atoms with van der Waals surface area (Å²) in [6.45, 7) is 4.17. The molecule has 1 aliphatic rings. The van der Waals surface area contributed by atoms with Gasteiger partial charge < -0.3 is 39.4 Å². The quantitative estimate of drug-likeness (QED) is 0.0303. The van der Waals surface area contributed by atoms with Gasteiger partial charge in [0.25, 0.3) is 0 Å². The van der Waals surface area contributed by atoms with Gasteiger partial charge in [-0.05, 0) is 51.4 Å². The zero-order chi connectivity index (χ0) is 36.5. The highest BCUT2D eigenvalue weighted by Gasteiger charge is 2.44. The maximum atomic E-state index is 12.1. The number of carbonyl (C=O) groups excluding carboxylic acids is 1. The molecular weight excluding hydrogens is 636 g/mol. The van der Waals surface area contributed by atoms with Crippen LogP contribution in [0.4, 0.5) is 0 Å². The molecule has 0 radical (unpaired) electrons. The second-order valence-corrected chi connectivity index (χ2v) is 13.7. The predicted octanol–water partition coefficient (Wildman–Crippen LogP) is 8.02. The number of allylic oxidation sites excluding steroid dienone is 6. The summed E-state index contributed by atoms with van der Waals surface area (Å²) in [6, 6.07) is 0. The first-order valence-corrected chi connectivity index (χ1v) is 20.1. The molecule has 0 aromatic carbocycles. The molecule has 0 aliphatic carbocycles. The predicted molar refractivity (Wildman–Crippen MR) is 201 cm³/mol. The van der Waals surface area contributed by atoms with Gasteiger partial charge in [-0.2, -0.15) is 0 Å². The zero-order valence-corrected chi connectivity index (χ0v) is 31.6. The van der Waals surface area contributed by atoms with E-state index in [2.05, 4.69) is 43.4 Å². The average Bonchev–Trinajstić information content (AvgIpc) is 3.11. The fraction of sp³-hybridized carbons (Fsp3) is 0.829. The number of esters is 1. The Morgan fingerprint density at radius 1 is 0.640 bits per heavy atom. The molecule has 1 heterocycles. The Balaban J connectivity index is 2.00. The lowest BCUT2D eigenvalue weighted by Gasteiger charge is -2.39. The number of ether oxygens (including phenoxy) is 4. The van der Waals surface area contributed by atoms with Gasteiger partial charge in [0.05, 0.1) is 19.8 Å². The van der Waals surface area contributed by atoms with Gasteiger partial charge >= 0.3 is 5.97 Å². The van der Waals surface area contributed by atoms with Gasteiger partial charge in [0.2, 0.25) is 0 Å². The van der Waals surface area contributed by atoms with Gasteiger partial charge in [0, 0.05) is 13.0 Å². The van der Waals surface area contributed by atoms with Crippen molar-refractivity contribution in [3.8, 4) is 0 Å². The maximum absolute atomic E-state index is 12.1. The van der Waals surface area contributed by atoms with E-state index in [1.807, 2.05) is 6.92 Å². The topological polar surface area (TPSA) is 135 Å². The van der Waals surface area contributed by atoms with Crippen LogP contribution in [0.3, 0.4) is 0 Å². The monoisotopic (exact) mass is 711 g/mol. The van der Waals surface area contributed by atoms with Crippen LogP contribution in [0.1, 0.15) is 155 Å².